The molecule has 0 aromatic carbocycles. The maximum absolute atomic E-state index is 8.85. The number of hydrogen-bond acceptors (Lipinski definition) is 4. The summed E-state index contributed by atoms with van der Waals surface area (Å²) in [7, 11) is 0. The van der Waals surface area contributed by atoms with E-state index >= 15 is 0 Å². The van der Waals surface area contributed by atoms with Crippen LogP contribution in [0.1, 0.15) is 44.4 Å². The van der Waals surface area contributed by atoms with E-state index in [1.165, 1.54) is 19.3 Å². The first-order chi connectivity index (χ1) is 9.61. The minimum absolute atomic E-state index is 0.0835. The monoisotopic (exact) mass is 276 g/mol. The standard InChI is InChI=1S/C15H24N4O/c1-11(2)7-9-19(13-5-6-13)10-12-4-3-8-17-14(12)15(16)18-20/h3-4,8,11,13,20H,5-7,9-10H2,1-2H3,(H2,16,18). The van der Waals surface area contributed by atoms with Crippen molar-refractivity contribution in [1.29, 1.82) is 0 Å². The summed E-state index contributed by atoms with van der Waals surface area (Å²) in [6.07, 6.45) is 5.41. The van der Waals surface area contributed by atoms with Crippen molar-refractivity contribution >= 4 is 5.84 Å². The van der Waals surface area contributed by atoms with Gasteiger partial charge in [0.15, 0.2) is 5.84 Å². The first-order valence-electron chi connectivity index (χ1n) is 7.27. The summed E-state index contributed by atoms with van der Waals surface area (Å²) in [5.74, 6) is 0.786. The predicted octanol–water partition coefficient (Wildman–Crippen LogP) is 2.19. The summed E-state index contributed by atoms with van der Waals surface area (Å²) >= 11 is 0. The van der Waals surface area contributed by atoms with Crippen LogP contribution in [0.5, 0.6) is 0 Å². The Morgan fingerprint density at radius 2 is 2.30 bits per heavy atom. The Morgan fingerprint density at radius 3 is 2.90 bits per heavy atom. The van der Waals surface area contributed by atoms with Gasteiger partial charge in [0.05, 0.1) is 0 Å². The molecule has 20 heavy (non-hydrogen) atoms. The third kappa shape index (κ3) is 3.93. The lowest BCUT2D eigenvalue weighted by Gasteiger charge is -2.23. The molecule has 1 heterocycles. The van der Waals surface area contributed by atoms with E-state index in [1.807, 2.05) is 12.1 Å². The van der Waals surface area contributed by atoms with Gasteiger partial charge in [0.1, 0.15) is 5.69 Å². The molecule has 1 aromatic rings. The van der Waals surface area contributed by atoms with Crippen molar-refractivity contribution in [2.75, 3.05) is 6.54 Å². The third-order valence-corrected chi connectivity index (χ3v) is 3.67. The van der Waals surface area contributed by atoms with Crippen molar-refractivity contribution in [1.82, 2.24) is 9.88 Å². The second-order valence-corrected chi connectivity index (χ2v) is 5.88. The Bertz CT molecular complexity index is 469. The number of nitrogens with two attached hydrogens (primary N) is 1. The molecule has 0 unspecified atom stereocenters. The highest BCUT2D eigenvalue weighted by molar-refractivity contribution is 5.96. The summed E-state index contributed by atoms with van der Waals surface area (Å²) in [6, 6.07) is 4.59. The summed E-state index contributed by atoms with van der Waals surface area (Å²) < 4.78 is 0. The molecule has 110 valence electrons. The van der Waals surface area contributed by atoms with Crippen LogP contribution in [-0.2, 0) is 6.54 Å². The Balaban J connectivity index is 2.10. The molecule has 5 heteroatoms. The molecule has 0 amide bonds. The van der Waals surface area contributed by atoms with Crippen LogP contribution in [0.2, 0.25) is 0 Å². The second kappa shape index (κ2) is 6.70. The van der Waals surface area contributed by atoms with E-state index in [0.29, 0.717) is 17.7 Å². The summed E-state index contributed by atoms with van der Waals surface area (Å²) in [6.45, 7) is 6.40. The Hall–Kier alpha value is -1.62. The van der Waals surface area contributed by atoms with Crippen molar-refractivity contribution in [3.8, 4) is 0 Å². The maximum Gasteiger partial charge on any atom is 0.189 e. The molecule has 0 bridgehead atoms. The third-order valence-electron chi connectivity index (χ3n) is 3.67. The zero-order chi connectivity index (χ0) is 14.5. The van der Waals surface area contributed by atoms with E-state index in [0.717, 1.165) is 18.7 Å². The molecule has 3 N–H and O–H groups in total. The van der Waals surface area contributed by atoms with Gasteiger partial charge in [-0.15, -0.1) is 0 Å². The van der Waals surface area contributed by atoms with Crippen molar-refractivity contribution < 1.29 is 5.21 Å². The van der Waals surface area contributed by atoms with E-state index in [9.17, 15) is 0 Å². The van der Waals surface area contributed by atoms with Crippen LogP contribution in [0.15, 0.2) is 23.5 Å². The average Bonchev–Trinajstić information content (AvgIpc) is 3.27. The first-order valence-corrected chi connectivity index (χ1v) is 7.27. The average molecular weight is 276 g/mol. The highest BCUT2D eigenvalue weighted by Crippen LogP contribution is 2.29. The number of amidine groups is 1. The second-order valence-electron chi connectivity index (χ2n) is 5.88. The summed E-state index contributed by atoms with van der Waals surface area (Å²) in [5.41, 5.74) is 7.32. The van der Waals surface area contributed by atoms with Gasteiger partial charge in [-0.1, -0.05) is 25.1 Å². The van der Waals surface area contributed by atoms with Gasteiger partial charge in [0.25, 0.3) is 0 Å². The van der Waals surface area contributed by atoms with Crippen LogP contribution in [-0.4, -0.2) is 33.5 Å². The molecular formula is C15H24N4O. The fourth-order valence-electron chi connectivity index (χ4n) is 2.32. The van der Waals surface area contributed by atoms with Gasteiger partial charge < -0.3 is 10.9 Å². The van der Waals surface area contributed by atoms with Crippen molar-refractivity contribution in [2.45, 2.75) is 45.7 Å². The molecule has 0 aliphatic heterocycles. The zero-order valence-corrected chi connectivity index (χ0v) is 12.3. The fourth-order valence-corrected chi connectivity index (χ4v) is 2.32. The molecule has 1 saturated carbocycles. The topological polar surface area (TPSA) is 74.7 Å². The predicted molar refractivity (Wildman–Crippen MR) is 79.6 cm³/mol. The van der Waals surface area contributed by atoms with E-state index < -0.39 is 0 Å². The quantitative estimate of drug-likeness (QED) is 0.346. The van der Waals surface area contributed by atoms with Gasteiger partial charge in [-0.05, 0) is 43.4 Å². The lowest BCUT2D eigenvalue weighted by Crippen LogP contribution is -2.29. The summed E-state index contributed by atoms with van der Waals surface area (Å²) in [5, 5.41) is 11.9. The van der Waals surface area contributed by atoms with Crippen LogP contribution in [0.25, 0.3) is 0 Å². The molecule has 0 spiro atoms. The van der Waals surface area contributed by atoms with Crippen LogP contribution in [0.4, 0.5) is 0 Å². The van der Waals surface area contributed by atoms with Crippen LogP contribution in [0.3, 0.4) is 0 Å². The lowest BCUT2D eigenvalue weighted by molar-refractivity contribution is 0.239. The normalized spacial score (nSPS) is 16.1. The SMILES string of the molecule is CC(C)CCN(Cc1cccnc1/C(N)=N/O)C1CC1. The molecular weight excluding hydrogens is 252 g/mol. The van der Waals surface area contributed by atoms with Crippen molar-refractivity contribution in [3.63, 3.8) is 0 Å². The molecule has 0 radical (unpaired) electrons. The number of nitrogens with zero attached hydrogens (tertiary/aromatic N) is 3. The van der Waals surface area contributed by atoms with E-state index in [1.54, 1.807) is 6.20 Å². The highest BCUT2D eigenvalue weighted by atomic mass is 16.4. The number of pyridine rings is 1. The Morgan fingerprint density at radius 1 is 1.55 bits per heavy atom. The van der Waals surface area contributed by atoms with Crippen LogP contribution >= 0.6 is 0 Å². The number of oxime groups is 1. The largest absolute Gasteiger partial charge is 0.409 e. The molecule has 5 nitrogen and oxygen atoms in total. The fraction of sp³-hybridized carbons (Fsp3) is 0.600. The number of aromatic nitrogens is 1. The number of rotatable bonds is 7. The molecule has 2 rings (SSSR count). The van der Waals surface area contributed by atoms with Gasteiger partial charge in [0.2, 0.25) is 0 Å². The van der Waals surface area contributed by atoms with Crippen LogP contribution in [0, 0.1) is 5.92 Å². The number of hydrogen-bond donors (Lipinski definition) is 2. The molecule has 1 aromatic heterocycles. The summed E-state index contributed by atoms with van der Waals surface area (Å²) in [4.78, 5) is 6.73. The van der Waals surface area contributed by atoms with Gasteiger partial charge in [-0.2, -0.15) is 0 Å². The van der Waals surface area contributed by atoms with E-state index in [2.05, 4.69) is 28.9 Å². The van der Waals surface area contributed by atoms with Crippen LogP contribution < -0.4 is 5.73 Å². The Labute approximate surface area is 120 Å². The maximum atomic E-state index is 8.85. The first kappa shape index (κ1) is 14.8. The molecule has 1 aliphatic rings. The highest BCUT2D eigenvalue weighted by Gasteiger charge is 2.29. The molecule has 0 atom stereocenters. The van der Waals surface area contributed by atoms with Gasteiger partial charge in [-0.25, -0.2) is 0 Å². The van der Waals surface area contributed by atoms with Crippen molar-refractivity contribution in [3.05, 3.63) is 29.6 Å². The van der Waals surface area contributed by atoms with Gasteiger partial charge in [0, 0.05) is 18.8 Å². The molecule has 1 aliphatic carbocycles. The van der Waals surface area contributed by atoms with E-state index in [-0.39, 0.29) is 5.84 Å². The molecule has 0 saturated heterocycles. The Kier molecular flexibility index (Phi) is 4.95. The van der Waals surface area contributed by atoms with Gasteiger partial charge in [-0.3, -0.25) is 9.88 Å². The smallest absolute Gasteiger partial charge is 0.189 e. The zero-order valence-electron chi connectivity index (χ0n) is 12.3. The molecule has 1 fully saturated rings. The van der Waals surface area contributed by atoms with Crippen molar-refractivity contribution in [2.24, 2.45) is 16.8 Å². The minimum atomic E-state index is 0.0835. The van der Waals surface area contributed by atoms with E-state index in [4.69, 9.17) is 10.9 Å². The lowest BCUT2D eigenvalue weighted by atomic mass is 10.1. The van der Waals surface area contributed by atoms with Gasteiger partial charge >= 0.3 is 0 Å². The minimum Gasteiger partial charge on any atom is -0.409 e.